The molecule has 1 unspecified atom stereocenters. The van der Waals surface area contributed by atoms with E-state index in [1.165, 1.54) is 17.5 Å². The molecule has 0 bridgehead atoms. The Morgan fingerprint density at radius 3 is 1.77 bits per heavy atom. The molecule has 44 heavy (non-hydrogen) atoms. The summed E-state index contributed by atoms with van der Waals surface area (Å²) in [5.74, 6) is 0. The first-order valence-corrected chi connectivity index (χ1v) is 16.8. The van der Waals surface area contributed by atoms with Crippen LogP contribution in [0.2, 0.25) is 0 Å². The van der Waals surface area contributed by atoms with Crippen LogP contribution in [0.4, 0.5) is 4.79 Å². The van der Waals surface area contributed by atoms with Crippen LogP contribution < -0.4 is 0 Å². The van der Waals surface area contributed by atoms with Crippen molar-refractivity contribution in [2.45, 2.75) is 106 Å². The number of carbonyl (C=O) groups is 1. The summed E-state index contributed by atoms with van der Waals surface area (Å²) in [6.07, 6.45) is 5.39. The summed E-state index contributed by atoms with van der Waals surface area (Å²) >= 11 is 0. The van der Waals surface area contributed by atoms with Crippen LogP contribution in [0.1, 0.15) is 97.3 Å². The SMILES string of the molecule is CCC.CCN(C(=O)OCc1ccccc1)C1CCN(CCC(C)(CC(C)(C)C)c2ccccc2)CC1.Cc1ccccc1. The van der Waals surface area contributed by atoms with Crippen LogP contribution in [0.25, 0.3) is 0 Å². The van der Waals surface area contributed by atoms with Crippen LogP contribution in [0.15, 0.2) is 91.0 Å². The first-order chi connectivity index (χ1) is 21.0. The molecule has 1 aliphatic rings. The average molecular weight is 601 g/mol. The van der Waals surface area contributed by atoms with Crippen LogP contribution in [0.3, 0.4) is 0 Å². The topological polar surface area (TPSA) is 32.8 Å². The summed E-state index contributed by atoms with van der Waals surface area (Å²) in [5, 5.41) is 0. The van der Waals surface area contributed by atoms with Gasteiger partial charge in [-0.25, -0.2) is 4.79 Å². The molecule has 1 heterocycles. The second-order valence-corrected chi connectivity index (χ2v) is 13.7. The third-order valence-corrected chi connectivity index (χ3v) is 8.09. The Kier molecular flexibility index (Phi) is 16.3. The summed E-state index contributed by atoms with van der Waals surface area (Å²) in [7, 11) is 0. The number of ether oxygens (including phenoxy) is 1. The van der Waals surface area contributed by atoms with E-state index < -0.39 is 0 Å². The van der Waals surface area contributed by atoms with Gasteiger partial charge in [0.2, 0.25) is 0 Å². The first kappa shape index (κ1) is 37.1. The minimum Gasteiger partial charge on any atom is -0.445 e. The molecule has 0 spiro atoms. The van der Waals surface area contributed by atoms with Gasteiger partial charge in [-0.1, -0.05) is 145 Å². The highest BCUT2D eigenvalue weighted by atomic mass is 16.6. The highest BCUT2D eigenvalue weighted by molar-refractivity contribution is 5.68. The molecule has 0 aromatic heterocycles. The molecule has 3 aromatic carbocycles. The molecule has 242 valence electrons. The lowest BCUT2D eigenvalue weighted by atomic mass is 9.69. The molecule has 0 N–H and O–H groups in total. The van der Waals surface area contributed by atoms with Crippen LogP contribution in [0.5, 0.6) is 0 Å². The fourth-order valence-corrected chi connectivity index (χ4v) is 6.08. The van der Waals surface area contributed by atoms with Crippen molar-refractivity contribution in [3.05, 3.63) is 108 Å². The molecule has 4 nitrogen and oxygen atoms in total. The van der Waals surface area contributed by atoms with Gasteiger partial charge in [-0.15, -0.1) is 0 Å². The summed E-state index contributed by atoms with van der Waals surface area (Å²) in [4.78, 5) is 17.3. The second-order valence-electron chi connectivity index (χ2n) is 13.7. The Labute approximate surface area is 269 Å². The van der Waals surface area contributed by atoms with Crippen LogP contribution in [0, 0.1) is 12.3 Å². The number of carbonyl (C=O) groups excluding carboxylic acids is 1. The van der Waals surface area contributed by atoms with E-state index in [0.717, 1.165) is 50.9 Å². The Balaban J connectivity index is 0.000000576. The van der Waals surface area contributed by atoms with Crippen molar-refractivity contribution >= 4 is 6.09 Å². The van der Waals surface area contributed by atoms with Gasteiger partial charge in [0.25, 0.3) is 0 Å². The predicted octanol–water partition coefficient (Wildman–Crippen LogP) is 10.3. The lowest BCUT2D eigenvalue weighted by Gasteiger charge is -2.41. The van der Waals surface area contributed by atoms with Gasteiger partial charge in [-0.05, 0) is 68.0 Å². The van der Waals surface area contributed by atoms with Crippen molar-refractivity contribution in [1.82, 2.24) is 9.80 Å². The first-order valence-electron chi connectivity index (χ1n) is 16.8. The normalized spacial score (nSPS) is 15.1. The molecular formula is C40H60N2O2. The summed E-state index contributed by atoms with van der Waals surface area (Å²) < 4.78 is 5.62. The smallest absolute Gasteiger partial charge is 0.410 e. The summed E-state index contributed by atoms with van der Waals surface area (Å²) in [5.41, 5.74) is 4.23. The van der Waals surface area contributed by atoms with Gasteiger partial charge in [0.15, 0.2) is 0 Å². The molecule has 1 fully saturated rings. The number of amides is 1. The second kappa shape index (κ2) is 19.3. The fraction of sp³-hybridized carbons (Fsp3) is 0.525. The number of rotatable bonds is 9. The van der Waals surface area contributed by atoms with Crippen molar-refractivity contribution in [3.63, 3.8) is 0 Å². The monoisotopic (exact) mass is 600 g/mol. The largest absolute Gasteiger partial charge is 0.445 e. The van der Waals surface area contributed by atoms with Gasteiger partial charge in [-0.3, -0.25) is 0 Å². The van der Waals surface area contributed by atoms with Gasteiger partial charge < -0.3 is 14.5 Å². The number of piperidine rings is 1. The summed E-state index contributed by atoms with van der Waals surface area (Å²) in [6.45, 7) is 22.0. The molecule has 0 saturated carbocycles. The molecular weight excluding hydrogens is 540 g/mol. The number of hydrogen-bond donors (Lipinski definition) is 0. The Morgan fingerprint density at radius 2 is 1.32 bits per heavy atom. The molecule has 0 radical (unpaired) electrons. The average Bonchev–Trinajstić information content (AvgIpc) is 3.01. The van der Waals surface area contributed by atoms with E-state index >= 15 is 0 Å². The number of likely N-dealkylation sites (tertiary alicyclic amines) is 1. The van der Waals surface area contributed by atoms with E-state index in [1.807, 2.05) is 60.4 Å². The summed E-state index contributed by atoms with van der Waals surface area (Å²) in [6, 6.07) is 31.4. The molecule has 1 amide bonds. The third kappa shape index (κ3) is 13.7. The lowest BCUT2D eigenvalue weighted by molar-refractivity contribution is 0.0616. The van der Waals surface area contributed by atoms with E-state index in [4.69, 9.17) is 4.74 Å². The maximum absolute atomic E-state index is 12.8. The van der Waals surface area contributed by atoms with E-state index in [1.54, 1.807) is 0 Å². The zero-order valence-corrected chi connectivity index (χ0v) is 29.0. The van der Waals surface area contributed by atoms with Gasteiger partial charge in [0.1, 0.15) is 6.61 Å². The van der Waals surface area contributed by atoms with E-state index in [9.17, 15) is 4.79 Å². The number of aryl methyl sites for hydroxylation is 1. The van der Waals surface area contributed by atoms with Crippen LogP contribution in [-0.4, -0.2) is 48.1 Å². The Bertz CT molecular complexity index is 1150. The molecule has 1 aliphatic heterocycles. The van der Waals surface area contributed by atoms with Gasteiger partial charge in [0.05, 0.1) is 0 Å². The minimum atomic E-state index is -0.188. The van der Waals surface area contributed by atoms with Gasteiger partial charge in [0, 0.05) is 25.7 Å². The standard InChI is InChI=1S/C30H44N2O2.C7H8.C3H8/c1-6-32(28(33)34-23-25-13-9-7-10-14-25)27-17-20-31(21-18-27)22-19-30(5,24-29(2,3)4)26-15-11-8-12-16-26;1-7-5-3-2-4-6-7;1-3-2/h7-16,27H,6,17-24H2,1-5H3;2-6H,1H3;3H2,1-2H3. The van der Waals surface area contributed by atoms with Crippen molar-refractivity contribution < 1.29 is 9.53 Å². The zero-order chi connectivity index (χ0) is 32.4. The maximum atomic E-state index is 12.8. The minimum absolute atomic E-state index is 0.160. The third-order valence-electron chi connectivity index (χ3n) is 8.09. The number of benzene rings is 3. The highest BCUT2D eigenvalue weighted by Gasteiger charge is 2.33. The maximum Gasteiger partial charge on any atom is 0.410 e. The fourth-order valence-electron chi connectivity index (χ4n) is 6.08. The Hall–Kier alpha value is -3.11. The highest BCUT2D eigenvalue weighted by Crippen LogP contribution is 2.39. The molecule has 0 aliphatic carbocycles. The van der Waals surface area contributed by atoms with Gasteiger partial charge >= 0.3 is 6.09 Å². The lowest BCUT2D eigenvalue weighted by Crippen LogP contribution is -2.48. The van der Waals surface area contributed by atoms with Crippen molar-refractivity contribution in [3.8, 4) is 0 Å². The predicted molar refractivity (Wildman–Crippen MR) is 188 cm³/mol. The number of hydrogen-bond acceptors (Lipinski definition) is 3. The quantitative estimate of drug-likeness (QED) is 0.245. The van der Waals surface area contributed by atoms with Crippen molar-refractivity contribution in [2.75, 3.05) is 26.2 Å². The molecule has 1 atom stereocenters. The van der Waals surface area contributed by atoms with E-state index in [-0.39, 0.29) is 23.0 Å². The van der Waals surface area contributed by atoms with E-state index in [2.05, 4.69) is 95.8 Å². The molecule has 3 aromatic rings. The molecule has 4 rings (SSSR count). The van der Waals surface area contributed by atoms with Gasteiger partial charge in [-0.2, -0.15) is 0 Å². The Morgan fingerprint density at radius 1 is 0.818 bits per heavy atom. The van der Waals surface area contributed by atoms with Crippen LogP contribution in [-0.2, 0) is 16.8 Å². The number of nitrogens with zero attached hydrogens (tertiary/aromatic N) is 2. The van der Waals surface area contributed by atoms with Crippen molar-refractivity contribution in [1.29, 1.82) is 0 Å². The molecule has 1 saturated heterocycles. The van der Waals surface area contributed by atoms with E-state index in [0.29, 0.717) is 13.2 Å². The van der Waals surface area contributed by atoms with Crippen molar-refractivity contribution in [2.24, 2.45) is 5.41 Å². The molecule has 4 heteroatoms. The van der Waals surface area contributed by atoms with Crippen LogP contribution >= 0.6 is 0 Å². The zero-order valence-electron chi connectivity index (χ0n) is 29.0.